The Hall–Kier alpha value is -4.99. The fourth-order valence-electron chi connectivity index (χ4n) is 6.41. The summed E-state index contributed by atoms with van der Waals surface area (Å²) >= 11 is 0. The van der Waals surface area contributed by atoms with Crippen molar-refractivity contribution in [3.8, 4) is 11.6 Å². The number of carbonyl (C=O) groups is 5. The summed E-state index contributed by atoms with van der Waals surface area (Å²) in [6.07, 6.45) is 2.21. The van der Waals surface area contributed by atoms with Gasteiger partial charge in [0.2, 0.25) is 27.7 Å². The second kappa shape index (κ2) is 15.8. The van der Waals surface area contributed by atoms with E-state index in [4.69, 9.17) is 18.3 Å². The highest BCUT2D eigenvalue weighted by Gasteiger charge is 2.62. The van der Waals surface area contributed by atoms with Gasteiger partial charge in [0.1, 0.15) is 35.1 Å². The minimum Gasteiger partial charge on any atom is -0.497 e. The number of rotatable bonds is 15. The van der Waals surface area contributed by atoms with Crippen LogP contribution in [0.3, 0.4) is 0 Å². The smallest absolute Gasteiger partial charge is 0.408 e. The summed E-state index contributed by atoms with van der Waals surface area (Å²) in [5.41, 5.74) is -2.78. The molecular formula is C38H49N5O10S. The van der Waals surface area contributed by atoms with Crippen LogP contribution < -0.4 is 24.8 Å². The summed E-state index contributed by atoms with van der Waals surface area (Å²) in [4.78, 5) is 73.8. The number of likely N-dealkylation sites (tertiary alicyclic amines) is 1. The zero-order valence-corrected chi connectivity index (χ0v) is 31.8. The molecule has 0 unspecified atom stereocenters. The molecule has 1 aliphatic heterocycles. The van der Waals surface area contributed by atoms with Gasteiger partial charge in [-0.15, -0.1) is 6.58 Å². The first-order valence-electron chi connectivity index (χ1n) is 19.2. The molecule has 1 saturated heterocycles. The first kappa shape index (κ1) is 36.0. The van der Waals surface area contributed by atoms with Gasteiger partial charge >= 0.3 is 6.09 Å². The number of methoxy groups -OCH3 is 1. The maximum absolute atomic E-state index is 14.5. The van der Waals surface area contributed by atoms with E-state index < -0.39 is 87.0 Å². The molecule has 1 aromatic carbocycles. The van der Waals surface area contributed by atoms with Crippen LogP contribution in [0.1, 0.15) is 77.2 Å². The van der Waals surface area contributed by atoms with Gasteiger partial charge in [0.25, 0.3) is 5.91 Å². The molecule has 1 aromatic heterocycles. The second-order valence-corrected chi connectivity index (χ2v) is 16.9. The minimum absolute atomic E-state index is 0.0619. The Kier molecular flexibility index (Phi) is 10.5. The van der Waals surface area contributed by atoms with E-state index in [2.05, 4.69) is 26.9 Å². The van der Waals surface area contributed by atoms with Crippen molar-refractivity contribution in [1.82, 2.24) is 25.2 Å². The molecule has 3 aliphatic rings. The van der Waals surface area contributed by atoms with E-state index in [0.717, 1.165) is 11.5 Å². The van der Waals surface area contributed by atoms with Gasteiger partial charge < -0.3 is 29.7 Å². The number of amides is 4. The number of alkyl carbamates (subject to hydrolysis) is 1. The van der Waals surface area contributed by atoms with Crippen LogP contribution in [0.25, 0.3) is 10.8 Å². The number of pyridine rings is 1. The summed E-state index contributed by atoms with van der Waals surface area (Å²) in [6.45, 7) is 7.15. The number of nitrogens with one attached hydrogen (secondary N) is 3. The number of aromatic nitrogens is 1. The number of nitrogens with zero attached hydrogens (tertiary/aromatic N) is 2. The molecular weight excluding hydrogens is 719 g/mol. The molecule has 0 bridgehead atoms. The number of hydrogen-bond donors (Lipinski definition) is 3. The average Bonchev–Trinajstić information content (AvgIpc) is 4.05. The molecule has 54 heavy (non-hydrogen) atoms. The SMILES string of the molecule is [2H]C([2H])([2H])/C(C)=C/C(=O)CC[C@H](NC(=O)OC(C)(C)C)C(=O)N1C[C@H](Oc2nccc3cc(OC)ccc23)C[C@H]1C(=O)N[C@]1(C(=O)NS(=O)(=O)C2CC2)C[C@H]1C=C. The van der Waals surface area contributed by atoms with Gasteiger partial charge in [-0.1, -0.05) is 11.6 Å². The first-order valence-corrected chi connectivity index (χ1v) is 19.2. The van der Waals surface area contributed by atoms with Crippen LogP contribution in [-0.4, -0.2) is 96.1 Å². The fourth-order valence-corrected chi connectivity index (χ4v) is 7.77. The van der Waals surface area contributed by atoms with Gasteiger partial charge in [0, 0.05) is 34.5 Å². The normalized spacial score (nSPS) is 24.2. The lowest BCUT2D eigenvalue weighted by molar-refractivity contribution is -0.141. The number of hydrogen-bond acceptors (Lipinski definition) is 11. The van der Waals surface area contributed by atoms with Crippen molar-refractivity contribution in [2.75, 3.05) is 13.7 Å². The summed E-state index contributed by atoms with van der Waals surface area (Å²) < 4.78 is 67.3. The predicted octanol–water partition coefficient (Wildman–Crippen LogP) is 3.47. The fraction of sp³-hybridized carbons (Fsp3) is 0.526. The molecule has 16 heteroatoms. The van der Waals surface area contributed by atoms with Crippen LogP contribution in [0.4, 0.5) is 4.79 Å². The Labute approximate surface area is 319 Å². The largest absolute Gasteiger partial charge is 0.497 e. The van der Waals surface area contributed by atoms with Gasteiger partial charge in [-0.3, -0.25) is 23.9 Å². The van der Waals surface area contributed by atoms with E-state index in [0.29, 0.717) is 24.0 Å². The third-order valence-electron chi connectivity index (χ3n) is 9.36. The number of allylic oxidation sites excluding steroid dienone is 2. The number of carbonyl (C=O) groups excluding carboxylic acids is 5. The predicted molar refractivity (Wildman–Crippen MR) is 199 cm³/mol. The number of fused-ring (bicyclic) bond motifs is 1. The van der Waals surface area contributed by atoms with Crippen LogP contribution >= 0.6 is 0 Å². The highest BCUT2D eigenvalue weighted by atomic mass is 32.2. The quantitative estimate of drug-likeness (QED) is 0.177. The Morgan fingerprint density at radius 1 is 1.19 bits per heavy atom. The standard InChI is InChI=1S/C38H49N5O10S/c1-8-24-20-38(24,35(47)42-54(49,50)28-11-12-28)41-32(45)31-19-27(52-33-29-13-10-26(51-7)18-23(29)15-16-39-33)21-43(31)34(46)30(14-9-25(44)17-22(2)3)40-36(48)53-37(4,5)6/h8,10,13,15-18,24,27-28,30-31H,1,9,11-12,14,19-21H2,2-7H3,(H,40,48)(H,41,45)(H,42,47)/t24-,27-,30+,31+,38-/m1/s1/i2D3/b22-17-. The molecule has 3 N–H and O–H groups in total. The summed E-state index contributed by atoms with van der Waals surface area (Å²) in [7, 11) is -2.44. The van der Waals surface area contributed by atoms with Gasteiger partial charge in [-0.25, -0.2) is 18.2 Å². The van der Waals surface area contributed by atoms with Gasteiger partial charge in [0.05, 0.1) is 18.9 Å². The van der Waals surface area contributed by atoms with E-state index in [1.54, 1.807) is 45.0 Å². The summed E-state index contributed by atoms with van der Waals surface area (Å²) in [6, 6.07) is 4.26. The highest BCUT2D eigenvalue weighted by molar-refractivity contribution is 7.91. The number of benzene rings is 1. The molecule has 2 saturated carbocycles. The topological polar surface area (TPSA) is 199 Å². The van der Waals surface area contributed by atoms with Crippen molar-refractivity contribution in [3.63, 3.8) is 0 Å². The van der Waals surface area contributed by atoms with E-state index in [-0.39, 0.29) is 43.7 Å². The molecule has 0 radical (unpaired) electrons. The maximum atomic E-state index is 14.5. The lowest BCUT2D eigenvalue weighted by Gasteiger charge is -2.30. The van der Waals surface area contributed by atoms with Crippen LogP contribution in [0.2, 0.25) is 0 Å². The lowest BCUT2D eigenvalue weighted by atomic mass is 10.1. The molecule has 3 fully saturated rings. The molecule has 4 amide bonds. The van der Waals surface area contributed by atoms with Crippen molar-refractivity contribution in [3.05, 3.63) is 54.8 Å². The molecule has 15 nitrogen and oxygen atoms in total. The lowest BCUT2D eigenvalue weighted by Crippen LogP contribution is -2.58. The van der Waals surface area contributed by atoms with Crippen LogP contribution in [0.15, 0.2) is 54.8 Å². The van der Waals surface area contributed by atoms with Crippen molar-refractivity contribution in [2.45, 2.75) is 108 Å². The number of sulfonamides is 1. The van der Waals surface area contributed by atoms with Crippen molar-refractivity contribution in [1.29, 1.82) is 0 Å². The van der Waals surface area contributed by atoms with E-state index in [1.165, 1.54) is 31.2 Å². The summed E-state index contributed by atoms with van der Waals surface area (Å²) in [5, 5.41) is 5.88. The summed E-state index contributed by atoms with van der Waals surface area (Å²) in [5.74, 6) is -2.93. The molecule has 2 aromatic rings. The van der Waals surface area contributed by atoms with Crippen LogP contribution in [-0.2, 0) is 33.9 Å². The Morgan fingerprint density at radius 3 is 2.56 bits per heavy atom. The zero-order chi connectivity index (χ0) is 42.1. The Morgan fingerprint density at radius 2 is 1.93 bits per heavy atom. The zero-order valence-electron chi connectivity index (χ0n) is 34.0. The van der Waals surface area contributed by atoms with Crippen molar-refractivity contribution in [2.24, 2.45) is 5.92 Å². The van der Waals surface area contributed by atoms with E-state index in [1.807, 2.05) is 0 Å². The molecule has 292 valence electrons. The first-order chi connectivity index (χ1) is 26.6. The Bertz CT molecular complexity index is 2080. The van der Waals surface area contributed by atoms with Gasteiger partial charge in [0.15, 0.2) is 5.78 Å². The molecule has 5 rings (SSSR count). The highest BCUT2D eigenvalue weighted by Crippen LogP contribution is 2.45. The van der Waals surface area contributed by atoms with Crippen molar-refractivity contribution >= 4 is 50.4 Å². The molecule has 2 aliphatic carbocycles. The second-order valence-electron chi connectivity index (χ2n) is 14.9. The maximum Gasteiger partial charge on any atom is 0.408 e. The van der Waals surface area contributed by atoms with Gasteiger partial charge in [-0.2, -0.15) is 0 Å². The van der Waals surface area contributed by atoms with Crippen LogP contribution in [0, 0.1) is 5.92 Å². The number of ether oxygens (including phenoxy) is 3. The minimum atomic E-state index is -3.97. The Balaban J connectivity index is 1.46. The third kappa shape index (κ3) is 9.56. The van der Waals surface area contributed by atoms with Crippen LogP contribution in [0.5, 0.6) is 11.6 Å². The van der Waals surface area contributed by atoms with Crippen molar-refractivity contribution < 1.29 is 50.7 Å². The number of ketones is 1. The average molecular weight is 771 g/mol. The molecule has 5 atom stereocenters. The van der Waals surface area contributed by atoms with E-state index in [9.17, 15) is 32.4 Å². The molecule has 2 heterocycles. The monoisotopic (exact) mass is 770 g/mol. The third-order valence-corrected chi connectivity index (χ3v) is 11.2. The van der Waals surface area contributed by atoms with Gasteiger partial charge in [-0.05, 0) is 96.0 Å². The van der Waals surface area contributed by atoms with E-state index >= 15 is 0 Å². The molecule has 0 spiro atoms.